The first-order valence-electron chi connectivity index (χ1n) is 7.78. The summed E-state index contributed by atoms with van der Waals surface area (Å²) < 4.78 is 1.75. The van der Waals surface area contributed by atoms with Crippen molar-refractivity contribution in [2.24, 2.45) is 7.05 Å². The molecule has 25 heavy (non-hydrogen) atoms. The Kier molecular flexibility index (Phi) is 5.26. The number of benzene rings is 1. The van der Waals surface area contributed by atoms with Gasteiger partial charge in [-0.3, -0.25) is 14.5 Å². The van der Waals surface area contributed by atoms with Gasteiger partial charge in [0, 0.05) is 24.3 Å². The van der Waals surface area contributed by atoms with E-state index in [-0.39, 0.29) is 5.91 Å². The van der Waals surface area contributed by atoms with Crippen LogP contribution in [0.2, 0.25) is 5.02 Å². The maximum absolute atomic E-state index is 12.0. The number of pyridine rings is 1. The van der Waals surface area contributed by atoms with Crippen LogP contribution in [0.3, 0.4) is 0 Å². The molecular weight excluding hydrogens is 336 g/mol. The second-order valence-electron chi connectivity index (χ2n) is 5.43. The number of amides is 1. The maximum Gasteiger partial charge on any atom is 0.244 e. The number of nitrogens with one attached hydrogen (secondary N) is 1. The molecule has 0 atom stereocenters. The van der Waals surface area contributed by atoms with E-state index in [1.165, 1.54) is 6.08 Å². The van der Waals surface area contributed by atoms with E-state index >= 15 is 0 Å². The molecule has 0 aliphatic heterocycles. The Hall–Kier alpha value is -2.92. The van der Waals surface area contributed by atoms with Gasteiger partial charge < -0.3 is 5.32 Å². The number of aryl methyl sites for hydroxylation is 1. The van der Waals surface area contributed by atoms with Crippen molar-refractivity contribution in [1.82, 2.24) is 20.1 Å². The van der Waals surface area contributed by atoms with Gasteiger partial charge in [0.15, 0.2) is 0 Å². The minimum Gasteiger partial charge on any atom is -0.347 e. The lowest BCUT2D eigenvalue weighted by Crippen LogP contribution is -2.20. The van der Waals surface area contributed by atoms with Gasteiger partial charge in [0.25, 0.3) is 0 Å². The Balaban J connectivity index is 1.62. The van der Waals surface area contributed by atoms with Crippen LogP contribution in [0.4, 0.5) is 0 Å². The lowest BCUT2D eigenvalue weighted by atomic mass is 10.2. The van der Waals surface area contributed by atoms with Crippen LogP contribution in [0, 0.1) is 0 Å². The topological polar surface area (TPSA) is 59.8 Å². The third-order valence-electron chi connectivity index (χ3n) is 3.62. The molecule has 2 heterocycles. The molecule has 6 heteroatoms. The second kappa shape index (κ2) is 7.77. The van der Waals surface area contributed by atoms with Crippen LogP contribution in [0.25, 0.3) is 17.5 Å². The van der Waals surface area contributed by atoms with Gasteiger partial charge in [-0.1, -0.05) is 35.9 Å². The van der Waals surface area contributed by atoms with Crippen LogP contribution < -0.4 is 5.32 Å². The highest BCUT2D eigenvalue weighted by Crippen LogP contribution is 2.17. The number of rotatable bonds is 5. The fraction of sp³-hybridized carbons (Fsp3) is 0.105. The van der Waals surface area contributed by atoms with Crippen molar-refractivity contribution >= 4 is 23.6 Å². The Labute approximate surface area is 151 Å². The van der Waals surface area contributed by atoms with E-state index in [4.69, 9.17) is 11.6 Å². The Morgan fingerprint density at radius 1 is 1.24 bits per heavy atom. The van der Waals surface area contributed by atoms with E-state index in [1.54, 1.807) is 23.0 Å². The predicted molar refractivity (Wildman–Crippen MR) is 98.8 cm³/mol. The van der Waals surface area contributed by atoms with Gasteiger partial charge in [-0.05, 0) is 35.9 Å². The molecule has 0 unspecified atom stereocenters. The van der Waals surface area contributed by atoms with Crippen LogP contribution in [-0.4, -0.2) is 20.7 Å². The summed E-state index contributed by atoms with van der Waals surface area (Å²) in [6, 6.07) is 15.0. The molecule has 2 aromatic heterocycles. The van der Waals surface area contributed by atoms with E-state index < -0.39 is 0 Å². The van der Waals surface area contributed by atoms with Crippen LogP contribution in [0.1, 0.15) is 11.3 Å². The van der Waals surface area contributed by atoms with Gasteiger partial charge in [-0.15, -0.1) is 0 Å². The lowest BCUT2D eigenvalue weighted by molar-refractivity contribution is -0.116. The van der Waals surface area contributed by atoms with Crippen molar-refractivity contribution in [3.63, 3.8) is 0 Å². The summed E-state index contributed by atoms with van der Waals surface area (Å²) in [7, 11) is 1.85. The molecule has 3 rings (SSSR count). The molecule has 0 saturated carbocycles. The molecule has 0 aliphatic rings. The van der Waals surface area contributed by atoms with Crippen molar-refractivity contribution in [1.29, 1.82) is 0 Å². The zero-order valence-electron chi connectivity index (χ0n) is 13.7. The first kappa shape index (κ1) is 16.9. The average Bonchev–Trinajstić information content (AvgIpc) is 3.01. The SMILES string of the molecule is Cn1nc(CNC(=O)C=Cc2ccccc2Cl)cc1-c1ccccn1. The number of aromatic nitrogens is 3. The Morgan fingerprint density at radius 2 is 2.04 bits per heavy atom. The molecule has 0 fully saturated rings. The number of carbonyl (C=O) groups excluding carboxylic acids is 1. The van der Waals surface area contributed by atoms with Gasteiger partial charge in [0.2, 0.25) is 5.91 Å². The predicted octanol–water partition coefficient (Wildman–Crippen LogP) is 3.47. The third kappa shape index (κ3) is 4.33. The minimum absolute atomic E-state index is 0.204. The van der Waals surface area contributed by atoms with Crippen molar-refractivity contribution < 1.29 is 4.79 Å². The Morgan fingerprint density at radius 3 is 2.80 bits per heavy atom. The van der Waals surface area contributed by atoms with E-state index in [9.17, 15) is 4.79 Å². The average molecular weight is 353 g/mol. The molecule has 1 N–H and O–H groups in total. The highest BCUT2D eigenvalue weighted by molar-refractivity contribution is 6.32. The largest absolute Gasteiger partial charge is 0.347 e. The molecule has 126 valence electrons. The van der Waals surface area contributed by atoms with E-state index in [1.807, 2.05) is 49.5 Å². The van der Waals surface area contributed by atoms with Gasteiger partial charge in [-0.2, -0.15) is 5.10 Å². The monoisotopic (exact) mass is 352 g/mol. The minimum atomic E-state index is -0.204. The second-order valence-corrected chi connectivity index (χ2v) is 5.84. The standard InChI is InChI=1S/C19H17ClN4O/c1-24-18(17-8-4-5-11-21-17)12-15(23-24)13-22-19(25)10-9-14-6-2-3-7-16(14)20/h2-12H,13H2,1H3,(H,22,25). The van der Waals surface area contributed by atoms with E-state index in [0.29, 0.717) is 11.6 Å². The van der Waals surface area contributed by atoms with E-state index in [2.05, 4.69) is 15.4 Å². The number of hydrogen-bond acceptors (Lipinski definition) is 3. The molecule has 5 nitrogen and oxygen atoms in total. The fourth-order valence-corrected chi connectivity index (χ4v) is 2.58. The lowest BCUT2D eigenvalue weighted by Gasteiger charge is -1.99. The zero-order valence-corrected chi connectivity index (χ0v) is 14.4. The third-order valence-corrected chi connectivity index (χ3v) is 3.97. The van der Waals surface area contributed by atoms with Gasteiger partial charge in [0.05, 0.1) is 23.6 Å². The van der Waals surface area contributed by atoms with Crippen LogP contribution in [0.5, 0.6) is 0 Å². The van der Waals surface area contributed by atoms with Gasteiger partial charge in [0.1, 0.15) is 0 Å². The van der Waals surface area contributed by atoms with Crippen LogP contribution in [-0.2, 0) is 18.4 Å². The normalized spacial score (nSPS) is 11.0. The summed E-state index contributed by atoms with van der Waals surface area (Å²) in [6.45, 7) is 0.340. The summed E-state index contributed by atoms with van der Waals surface area (Å²) >= 11 is 6.06. The number of halogens is 1. The zero-order chi connectivity index (χ0) is 17.6. The van der Waals surface area contributed by atoms with Crippen molar-refractivity contribution in [3.8, 4) is 11.4 Å². The Bertz CT molecular complexity index is 903. The summed E-state index contributed by atoms with van der Waals surface area (Å²) in [4.78, 5) is 16.3. The highest BCUT2D eigenvalue weighted by Gasteiger charge is 2.08. The molecule has 0 radical (unpaired) electrons. The van der Waals surface area contributed by atoms with Crippen molar-refractivity contribution in [3.05, 3.63) is 77.1 Å². The molecule has 0 spiro atoms. The molecule has 1 aromatic carbocycles. The molecule has 0 aliphatic carbocycles. The van der Waals surface area contributed by atoms with Gasteiger partial charge >= 0.3 is 0 Å². The van der Waals surface area contributed by atoms with Crippen LogP contribution in [0.15, 0.2) is 60.8 Å². The summed E-state index contributed by atoms with van der Waals surface area (Å²) in [5.74, 6) is -0.204. The van der Waals surface area contributed by atoms with Gasteiger partial charge in [-0.25, -0.2) is 0 Å². The van der Waals surface area contributed by atoms with Crippen LogP contribution >= 0.6 is 11.6 Å². The number of hydrogen-bond donors (Lipinski definition) is 1. The molecule has 0 bridgehead atoms. The molecule has 1 amide bonds. The first-order valence-corrected chi connectivity index (χ1v) is 8.16. The summed E-state index contributed by atoms with van der Waals surface area (Å²) in [5.41, 5.74) is 3.31. The molecular formula is C19H17ClN4O. The number of nitrogens with zero attached hydrogens (tertiary/aromatic N) is 3. The summed E-state index contributed by atoms with van der Waals surface area (Å²) in [5, 5.41) is 7.83. The first-order chi connectivity index (χ1) is 12.1. The fourth-order valence-electron chi connectivity index (χ4n) is 2.38. The smallest absolute Gasteiger partial charge is 0.244 e. The molecule has 0 saturated heterocycles. The maximum atomic E-state index is 12.0. The highest BCUT2D eigenvalue weighted by atomic mass is 35.5. The summed E-state index contributed by atoms with van der Waals surface area (Å²) in [6.07, 6.45) is 4.89. The van der Waals surface area contributed by atoms with Crippen molar-refractivity contribution in [2.75, 3.05) is 0 Å². The molecule has 3 aromatic rings. The van der Waals surface area contributed by atoms with E-state index in [0.717, 1.165) is 22.6 Å². The van der Waals surface area contributed by atoms with Crippen molar-refractivity contribution in [2.45, 2.75) is 6.54 Å². The number of carbonyl (C=O) groups is 1. The quantitative estimate of drug-likeness (QED) is 0.715.